The number of rotatable bonds is 8. The molecular weight excluding hydrogens is 208 g/mol. The molecule has 1 unspecified atom stereocenters. The lowest BCUT2D eigenvalue weighted by Gasteiger charge is -2.04. The average molecular weight is 236 g/mol. The van der Waals surface area contributed by atoms with E-state index in [-0.39, 0.29) is 12.7 Å². The SMILES string of the molecule is CCCC(O)CCO.CCCCCC(O)O. The molecule has 1 atom stereocenters. The minimum absolute atomic E-state index is 0.0984. The molecule has 0 spiro atoms. The Bertz CT molecular complexity index is 112. The fraction of sp³-hybridized carbons (Fsp3) is 1.00. The molecule has 100 valence electrons. The van der Waals surface area contributed by atoms with E-state index in [9.17, 15) is 0 Å². The minimum atomic E-state index is -1.10. The summed E-state index contributed by atoms with van der Waals surface area (Å²) in [5, 5.41) is 33.9. The summed E-state index contributed by atoms with van der Waals surface area (Å²) >= 11 is 0. The third-order valence-electron chi connectivity index (χ3n) is 2.15. The van der Waals surface area contributed by atoms with E-state index in [0.29, 0.717) is 12.8 Å². The number of hydrogen-bond acceptors (Lipinski definition) is 4. The first-order valence-electron chi connectivity index (χ1n) is 6.23. The molecule has 16 heavy (non-hydrogen) atoms. The number of aliphatic hydroxyl groups is 4. The van der Waals surface area contributed by atoms with Crippen molar-refractivity contribution in [2.24, 2.45) is 0 Å². The second-order valence-electron chi connectivity index (χ2n) is 3.93. The molecule has 0 aromatic rings. The largest absolute Gasteiger partial charge is 0.396 e. The summed E-state index contributed by atoms with van der Waals surface area (Å²) in [6.45, 7) is 4.20. The Balaban J connectivity index is 0. The van der Waals surface area contributed by atoms with E-state index in [1.807, 2.05) is 6.92 Å². The Morgan fingerprint density at radius 3 is 1.81 bits per heavy atom. The molecule has 0 aromatic heterocycles. The van der Waals surface area contributed by atoms with Gasteiger partial charge in [0.2, 0.25) is 0 Å². The van der Waals surface area contributed by atoms with E-state index < -0.39 is 6.29 Å². The van der Waals surface area contributed by atoms with Crippen molar-refractivity contribution in [2.45, 2.75) is 71.2 Å². The Kier molecular flexibility index (Phi) is 16.9. The van der Waals surface area contributed by atoms with Gasteiger partial charge in [-0.25, -0.2) is 0 Å². The summed E-state index contributed by atoms with van der Waals surface area (Å²) in [6, 6.07) is 0. The van der Waals surface area contributed by atoms with Crippen molar-refractivity contribution in [3.63, 3.8) is 0 Å². The summed E-state index contributed by atoms with van der Waals surface area (Å²) in [6.07, 6.45) is 4.61. The van der Waals surface area contributed by atoms with E-state index in [0.717, 1.165) is 32.1 Å². The van der Waals surface area contributed by atoms with Gasteiger partial charge in [-0.3, -0.25) is 0 Å². The standard InChI is InChI=1S/2C6H14O2/c1-2-3-6(8)4-5-7;1-2-3-4-5-6(7)8/h2*6-8H,2-5H2,1H3. The highest BCUT2D eigenvalue weighted by Gasteiger charge is 1.98. The fourth-order valence-electron chi connectivity index (χ4n) is 1.20. The number of unbranched alkanes of at least 4 members (excludes halogenated alkanes) is 2. The third-order valence-corrected chi connectivity index (χ3v) is 2.15. The van der Waals surface area contributed by atoms with Crippen LogP contribution < -0.4 is 0 Å². The van der Waals surface area contributed by atoms with Crippen LogP contribution in [0.15, 0.2) is 0 Å². The van der Waals surface area contributed by atoms with Gasteiger partial charge in [0, 0.05) is 6.61 Å². The molecule has 4 nitrogen and oxygen atoms in total. The van der Waals surface area contributed by atoms with E-state index in [2.05, 4.69) is 6.92 Å². The molecule has 0 amide bonds. The van der Waals surface area contributed by atoms with E-state index in [1.165, 1.54) is 0 Å². The summed E-state index contributed by atoms with van der Waals surface area (Å²) in [5.74, 6) is 0. The van der Waals surface area contributed by atoms with Crippen LogP contribution in [0.4, 0.5) is 0 Å². The first kappa shape index (κ1) is 18.2. The van der Waals surface area contributed by atoms with Crippen LogP contribution in [-0.2, 0) is 0 Å². The minimum Gasteiger partial charge on any atom is -0.396 e. The van der Waals surface area contributed by atoms with Crippen LogP contribution in [0, 0.1) is 0 Å². The van der Waals surface area contributed by atoms with Gasteiger partial charge in [0.25, 0.3) is 0 Å². The zero-order valence-corrected chi connectivity index (χ0v) is 10.6. The molecule has 0 radical (unpaired) electrons. The second-order valence-corrected chi connectivity index (χ2v) is 3.93. The summed E-state index contributed by atoms with van der Waals surface area (Å²) in [7, 11) is 0. The van der Waals surface area contributed by atoms with Crippen molar-refractivity contribution in [3.05, 3.63) is 0 Å². The van der Waals surface area contributed by atoms with Crippen LogP contribution in [0.2, 0.25) is 0 Å². The summed E-state index contributed by atoms with van der Waals surface area (Å²) < 4.78 is 0. The van der Waals surface area contributed by atoms with Crippen LogP contribution in [0.1, 0.15) is 58.8 Å². The van der Waals surface area contributed by atoms with Crippen molar-refractivity contribution < 1.29 is 20.4 Å². The summed E-state index contributed by atoms with van der Waals surface area (Å²) in [5.41, 5.74) is 0. The first-order chi connectivity index (χ1) is 7.58. The van der Waals surface area contributed by atoms with Gasteiger partial charge in [-0.05, 0) is 25.7 Å². The molecule has 0 aromatic carbocycles. The van der Waals surface area contributed by atoms with Gasteiger partial charge in [0.15, 0.2) is 6.29 Å². The highest BCUT2D eigenvalue weighted by Crippen LogP contribution is 2.00. The van der Waals surface area contributed by atoms with Crippen molar-refractivity contribution in [1.29, 1.82) is 0 Å². The number of aliphatic hydroxyl groups excluding tert-OH is 3. The topological polar surface area (TPSA) is 80.9 Å². The Morgan fingerprint density at radius 1 is 0.812 bits per heavy atom. The first-order valence-corrected chi connectivity index (χ1v) is 6.23. The van der Waals surface area contributed by atoms with Gasteiger partial charge >= 0.3 is 0 Å². The highest BCUT2D eigenvalue weighted by atomic mass is 16.5. The van der Waals surface area contributed by atoms with Crippen LogP contribution in [-0.4, -0.2) is 39.4 Å². The molecule has 0 fully saturated rings. The number of hydrogen-bond donors (Lipinski definition) is 4. The Morgan fingerprint density at radius 2 is 1.44 bits per heavy atom. The monoisotopic (exact) mass is 236 g/mol. The Labute approximate surface area is 98.9 Å². The van der Waals surface area contributed by atoms with Crippen molar-refractivity contribution >= 4 is 0 Å². The van der Waals surface area contributed by atoms with Crippen LogP contribution in [0.5, 0.6) is 0 Å². The van der Waals surface area contributed by atoms with Gasteiger partial charge in [-0.1, -0.05) is 33.1 Å². The van der Waals surface area contributed by atoms with Crippen molar-refractivity contribution in [2.75, 3.05) is 6.61 Å². The van der Waals surface area contributed by atoms with Crippen LogP contribution >= 0.6 is 0 Å². The van der Waals surface area contributed by atoms with E-state index in [4.69, 9.17) is 20.4 Å². The van der Waals surface area contributed by atoms with Crippen LogP contribution in [0.25, 0.3) is 0 Å². The molecule has 0 saturated heterocycles. The molecule has 0 aliphatic rings. The lowest BCUT2D eigenvalue weighted by molar-refractivity contribution is -0.0465. The zero-order chi connectivity index (χ0) is 12.8. The quantitative estimate of drug-likeness (QED) is 0.379. The van der Waals surface area contributed by atoms with Gasteiger partial charge in [0.05, 0.1) is 6.10 Å². The molecule has 0 saturated carbocycles. The highest BCUT2D eigenvalue weighted by molar-refractivity contribution is 4.51. The third kappa shape index (κ3) is 19.4. The van der Waals surface area contributed by atoms with Gasteiger partial charge in [-0.15, -0.1) is 0 Å². The Hall–Kier alpha value is -0.160. The average Bonchev–Trinajstić information content (AvgIpc) is 2.19. The lowest BCUT2D eigenvalue weighted by Crippen LogP contribution is -2.07. The fourth-order valence-corrected chi connectivity index (χ4v) is 1.20. The van der Waals surface area contributed by atoms with Gasteiger partial charge in [0.1, 0.15) is 0 Å². The van der Waals surface area contributed by atoms with Crippen molar-refractivity contribution in [1.82, 2.24) is 0 Å². The normalized spacial score (nSPS) is 12.2. The van der Waals surface area contributed by atoms with Crippen LogP contribution in [0.3, 0.4) is 0 Å². The maximum Gasteiger partial charge on any atom is 0.151 e. The second kappa shape index (κ2) is 14.8. The molecule has 0 rings (SSSR count). The predicted molar refractivity (Wildman–Crippen MR) is 65.0 cm³/mol. The van der Waals surface area contributed by atoms with Gasteiger partial charge in [-0.2, -0.15) is 0 Å². The maximum atomic E-state index is 8.89. The van der Waals surface area contributed by atoms with E-state index >= 15 is 0 Å². The van der Waals surface area contributed by atoms with Gasteiger partial charge < -0.3 is 20.4 Å². The lowest BCUT2D eigenvalue weighted by atomic mass is 10.2. The molecule has 4 heteroatoms. The summed E-state index contributed by atoms with van der Waals surface area (Å²) in [4.78, 5) is 0. The molecule has 0 aliphatic carbocycles. The van der Waals surface area contributed by atoms with Crippen molar-refractivity contribution in [3.8, 4) is 0 Å². The predicted octanol–water partition coefficient (Wildman–Crippen LogP) is 1.41. The molecule has 0 heterocycles. The molecular formula is C12H28O4. The van der Waals surface area contributed by atoms with E-state index in [1.54, 1.807) is 0 Å². The zero-order valence-electron chi connectivity index (χ0n) is 10.6. The smallest absolute Gasteiger partial charge is 0.151 e. The molecule has 0 bridgehead atoms. The maximum absolute atomic E-state index is 8.89. The molecule has 4 N–H and O–H groups in total. The molecule has 0 aliphatic heterocycles.